The van der Waals surface area contributed by atoms with Crippen LogP contribution in [0.1, 0.15) is 41.3 Å². The van der Waals surface area contributed by atoms with E-state index in [0.717, 1.165) is 17.5 Å². The average Bonchev–Trinajstić information content (AvgIpc) is 2.84. The minimum absolute atomic E-state index is 0.0248. The molecule has 2 amide bonds. The summed E-state index contributed by atoms with van der Waals surface area (Å²) in [7, 11) is 0. The molecule has 27 heavy (non-hydrogen) atoms. The molecule has 1 saturated heterocycles. The van der Waals surface area contributed by atoms with Gasteiger partial charge in [0.05, 0.1) is 0 Å². The van der Waals surface area contributed by atoms with Gasteiger partial charge in [-0.1, -0.05) is 43.3 Å². The van der Waals surface area contributed by atoms with Crippen molar-refractivity contribution in [3.63, 3.8) is 0 Å². The van der Waals surface area contributed by atoms with Crippen molar-refractivity contribution in [1.29, 1.82) is 0 Å². The summed E-state index contributed by atoms with van der Waals surface area (Å²) in [6, 6.07) is 14.9. The molecule has 0 aromatic heterocycles. The number of carbonyl (C=O) groups is 2. The highest BCUT2D eigenvalue weighted by Crippen LogP contribution is 2.22. The fourth-order valence-corrected chi connectivity index (χ4v) is 3.48. The standard InChI is InChI=1S/C22H26N2O3/c1-3-19-15-23(22(27)18-10-9-16(2)20(25)13-18)12-11-21(26)24(19)14-17-7-5-4-6-8-17/h4-10,13,19,25H,3,11-12,14-15H2,1-2H3. The van der Waals surface area contributed by atoms with Gasteiger partial charge in [0.1, 0.15) is 5.75 Å². The summed E-state index contributed by atoms with van der Waals surface area (Å²) < 4.78 is 0. The van der Waals surface area contributed by atoms with Crippen LogP contribution >= 0.6 is 0 Å². The molecular weight excluding hydrogens is 340 g/mol. The van der Waals surface area contributed by atoms with Crippen LogP contribution in [0.2, 0.25) is 0 Å². The second-order valence-electron chi connectivity index (χ2n) is 7.07. The zero-order valence-corrected chi connectivity index (χ0v) is 15.9. The molecule has 0 radical (unpaired) electrons. The Morgan fingerprint density at radius 1 is 1.19 bits per heavy atom. The predicted octanol–water partition coefficient (Wildman–Crippen LogP) is 3.35. The molecule has 1 aliphatic heterocycles. The van der Waals surface area contributed by atoms with Crippen molar-refractivity contribution < 1.29 is 14.7 Å². The van der Waals surface area contributed by atoms with Crippen LogP contribution < -0.4 is 0 Å². The summed E-state index contributed by atoms with van der Waals surface area (Å²) in [5.74, 6) is 0.0513. The number of carbonyl (C=O) groups excluding carboxylic acids is 2. The van der Waals surface area contributed by atoms with Gasteiger partial charge in [0.15, 0.2) is 0 Å². The van der Waals surface area contributed by atoms with E-state index in [1.165, 1.54) is 6.07 Å². The first-order valence-corrected chi connectivity index (χ1v) is 9.42. The SMILES string of the molecule is CCC1CN(C(=O)c2ccc(C)c(O)c2)CCC(=O)N1Cc1ccccc1. The normalized spacial score (nSPS) is 17.7. The molecule has 0 saturated carbocycles. The molecule has 3 rings (SSSR count). The van der Waals surface area contributed by atoms with Crippen LogP contribution in [0.25, 0.3) is 0 Å². The number of rotatable bonds is 4. The minimum atomic E-state index is -0.141. The van der Waals surface area contributed by atoms with E-state index in [4.69, 9.17) is 0 Å². The first-order valence-electron chi connectivity index (χ1n) is 9.42. The summed E-state index contributed by atoms with van der Waals surface area (Å²) in [6.07, 6.45) is 1.09. The Labute approximate surface area is 160 Å². The maximum absolute atomic E-state index is 12.9. The molecule has 1 heterocycles. The largest absolute Gasteiger partial charge is 0.508 e. The van der Waals surface area contributed by atoms with Gasteiger partial charge in [-0.25, -0.2) is 0 Å². The Morgan fingerprint density at radius 3 is 2.59 bits per heavy atom. The lowest BCUT2D eigenvalue weighted by atomic mass is 10.1. The maximum atomic E-state index is 12.9. The molecule has 1 fully saturated rings. The second kappa shape index (κ2) is 8.25. The molecule has 142 valence electrons. The Kier molecular flexibility index (Phi) is 5.79. The number of amides is 2. The Hall–Kier alpha value is -2.82. The number of aryl methyl sites for hydroxylation is 1. The van der Waals surface area contributed by atoms with Crippen LogP contribution in [0.3, 0.4) is 0 Å². The van der Waals surface area contributed by atoms with E-state index >= 15 is 0 Å². The van der Waals surface area contributed by atoms with Gasteiger partial charge < -0.3 is 14.9 Å². The van der Waals surface area contributed by atoms with Gasteiger partial charge in [0.25, 0.3) is 5.91 Å². The van der Waals surface area contributed by atoms with E-state index in [0.29, 0.717) is 31.6 Å². The summed E-state index contributed by atoms with van der Waals surface area (Å²) in [5, 5.41) is 9.92. The fraction of sp³-hybridized carbons (Fsp3) is 0.364. The fourth-order valence-electron chi connectivity index (χ4n) is 3.48. The molecule has 1 atom stereocenters. The zero-order chi connectivity index (χ0) is 19.4. The smallest absolute Gasteiger partial charge is 0.254 e. The number of benzene rings is 2. The van der Waals surface area contributed by atoms with Gasteiger partial charge >= 0.3 is 0 Å². The monoisotopic (exact) mass is 366 g/mol. The lowest BCUT2D eigenvalue weighted by Crippen LogP contribution is -2.43. The third-order valence-electron chi connectivity index (χ3n) is 5.20. The summed E-state index contributed by atoms with van der Waals surface area (Å²) in [6.45, 7) is 5.30. The molecule has 2 aromatic carbocycles. The number of hydrogen-bond acceptors (Lipinski definition) is 3. The van der Waals surface area contributed by atoms with Crippen LogP contribution in [-0.4, -0.2) is 45.9 Å². The van der Waals surface area contributed by atoms with Crippen molar-refractivity contribution >= 4 is 11.8 Å². The molecular formula is C22H26N2O3. The van der Waals surface area contributed by atoms with Crippen LogP contribution in [0.15, 0.2) is 48.5 Å². The molecule has 1 aliphatic rings. The summed E-state index contributed by atoms with van der Waals surface area (Å²) in [4.78, 5) is 29.3. The lowest BCUT2D eigenvalue weighted by molar-refractivity contribution is -0.133. The summed E-state index contributed by atoms with van der Waals surface area (Å²) in [5.41, 5.74) is 2.28. The lowest BCUT2D eigenvalue weighted by Gasteiger charge is -2.31. The van der Waals surface area contributed by atoms with Crippen molar-refractivity contribution in [1.82, 2.24) is 9.80 Å². The summed E-state index contributed by atoms with van der Waals surface area (Å²) >= 11 is 0. The van der Waals surface area contributed by atoms with Crippen molar-refractivity contribution in [3.05, 3.63) is 65.2 Å². The molecule has 0 aliphatic carbocycles. The second-order valence-corrected chi connectivity index (χ2v) is 7.07. The third-order valence-corrected chi connectivity index (χ3v) is 5.20. The van der Waals surface area contributed by atoms with Gasteiger partial charge in [-0.05, 0) is 36.6 Å². The Morgan fingerprint density at radius 2 is 1.93 bits per heavy atom. The first kappa shape index (κ1) is 19.0. The van der Waals surface area contributed by atoms with Gasteiger partial charge in [-0.3, -0.25) is 9.59 Å². The highest BCUT2D eigenvalue weighted by atomic mass is 16.3. The molecule has 5 heteroatoms. The van der Waals surface area contributed by atoms with E-state index in [9.17, 15) is 14.7 Å². The first-order chi connectivity index (χ1) is 13.0. The van der Waals surface area contributed by atoms with Crippen molar-refractivity contribution in [2.75, 3.05) is 13.1 Å². The molecule has 0 bridgehead atoms. The molecule has 1 unspecified atom stereocenters. The van der Waals surface area contributed by atoms with Gasteiger partial charge in [-0.2, -0.15) is 0 Å². The van der Waals surface area contributed by atoms with Gasteiger partial charge in [0.2, 0.25) is 5.91 Å². The quantitative estimate of drug-likeness (QED) is 0.903. The van der Waals surface area contributed by atoms with E-state index < -0.39 is 0 Å². The average molecular weight is 366 g/mol. The van der Waals surface area contributed by atoms with Gasteiger partial charge in [-0.15, -0.1) is 0 Å². The highest BCUT2D eigenvalue weighted by Gasteiger charge is 2.31. The van der Waals surface area contributed by atoms with Crippen LogP contribution in [0.5, 0.6) is 5.75 Å². The van der Waals surface area contributed by atoms with Crippen molar-refractivity contribution in [3.8, 4) is 5.75 Å². The van der Waals surface area contributed by atoms with Crippen molar-refractivity contribution in [2.45, 2.75) is 39.3 Å². The van der Waals surface area contributed by atoms with E-state index in [2.05, 4.69) is 0 Å². The topological polar surface area (TPSA) is 60.9 Å². The van der Waals surface area contributed by atoms with E-state index in [-0.39, 0.29) is 23.6 Å². The predicted molar refractivity (Wildman–Crippen MR) is 104 cm³/mol. The third kappa shape index (κ3) is 4.30. The van der Waals surface area contributed by atoms with Crippen LogP contribution in [-0.2, 0) is 11.3 Å². The number of nitrogens with zero attached hydrogens (tertiary/aromatic N) is 2. The van der Waals surface area contributed by atoms with E-state index in [1.54, 1.807) is 24.0 Å². The van der Waals surface area contributed by atoms with E-state index in [1.807, 2.05) is 42.2 Å². The molecule has 2 aromatic rings. The number of aromatic hydroxyl groups is 1. The Balaban J connectivity index is 1.79. The maximum Gasteiger partial charge on any atom is 0.254 e. The molecule has 0 spiro atoms. The Bertz CT molecular complexity index is 820. The van der Waals surface area contributed by atoms with Crippen LogP contribution in [0, 0.1) is 6.92 Å². The molecule has 5 nitrogen and oxygen atoms in total. The van der Waals surface area contributed by atoms with Crippen LogP contribution in [0.4, 0.5) is 0 Å². The number of phenols is 1. The van der Waals surface area contributed by atoms with Crippen molar-refractivity contribution in [2.24, 2.45) is 0 Å². The highest BCUT2D eigenvalue weighted by molar-refractivity contribution is 5.95. The number of phenolic OH excluding ortho intramolecular Hbond substituents is 1. The zero-order valence-electron chi connectivity index (χ0n) is 15.9. The van der Waals surface area contributed by atoms with Gasteiger partial charge in [0, 0.05) is 37.7 Å². The molecule has 1 N–H and O–H groups in total. The number of hydrogen-bond donors (Lipinski definition) is 1. The minimum Gasteiger partial charge on any atom is -0.508 e.